The minimum atomic E-state index is -0.800. The molecule has 4 nitrogen and oxygen atoms in total. The van der Waals surface area contributed by atoms with Crippen LogP contribution >= 0.6 is 27.5 Å². The third-order valence-electron chi connectivity index (χ3n) is 2.31. The Morgan fingerprint density at radius 3 is 2.65 bits per heavy atom. The predicted octanol–water partition coefficient (Wildman–Crippen LogP) is 3.80. The maximum absolute atomic E-state index is 13.7. The van der Waals surface area contributed by atoms with Gasteiger partial charge in [-0.05, 0) is 48.3 Å². The van der Waals surface area contributed by atoms with Crippen molar-refractivity contribution >= 4 is 33.6 Å². The molecule has 0 heterocycles. The molecule has 0 aliphatic rings. The fourth-order valence-corrected chi connectivity index (χ4v) is 2.38. The van der Waals surface area contributed by atoms with Crippen LogP contribution in [0.1, 0.15) is 32.4 Å². The molecular formula is C13H16BrClFNO3. The topological polar surface area (TPSA) is 58.6 Å². The van der Waals surface area contributed by atoms with Gasteiger partial charge in [0.25, 0.3) is 0 Å². The first kappa shape index (κ1) is 17.2. The van der Waals surface area contributed by atoms with E-state index in [1.807, 2.05) is 0 Å². The highest BCUT2D eigenvalue weighted by atomic mass is 79.9. The lowest BCUT2D eigenvalue weighted by molar-refractivity contribution is 0.0481. The largest absolute Gasteiger partial charge is 0.444 e. The number of halogens is 3. The van der Waals surface area contributed by atoms with Crippen LogP contribution in [0, 0.1) is 5.82 Å². The number of carbonyl (C=O) groups excluding carboxylic acids is 1. The Kier molecular flexibility index (Phi) is 5.79. The van der Waals surface area contributed by atoms with E-state index in [-0.39, 0.29) is 9.50 Å². The molecule has 7 heteroatoms. The zero-order valence-electron chi connectivity index (χ0n) is 11.3. The van der Waals surface area contributed by atoms with Crippen molar-refractivity contribution in [3.05, 3.63) is 33.0 Å². The maximum atomic E-state index is 13.7. The Hall–Kier alpha value is -0.850. The van der Waals surface area contributed by atoms with Crippen LogP contribution in [0.2, 0.25) is 5.02 Å². The van der Waals surface area contributed by atoms with Crippen molar-refractivity contribution < 1.29 is 19.0 Å². The molecule has 0 aromatic heterocycles. The fraction of sp³-hybridized carbons (Fsp3) is 0.462. The summed E-state index contributed by atoms with van der Waals surface area (Å²) in [4.78, 5) is 11.7. The molecule has 1 rings (SSSR count). The maximum Gasteiger partial charge on any atom is 0.408 e. The molecule has 0 aliphatic heterocycles. The first-order valence-electron chi connectivity index (χ1n) is 5.89. The van der Waals surface area contributed by atoms with Gasteiger partial charge in [-0.1, -0.05) is 17.7 Å². The average molecular weight is 369 g/mol. The minimum Gasteiger partial charge on any atom is -0.444 e. The van der Waals surface area contributed by atoms with E-state index in [4.69, 9.17) is 16.3 Å². The number of amides is 1. The van der Waals surface area contributed by atoms with Gasteiger partial charge in [0.15, 0.2) is 5.82 Å². The number of hydrogen-bond donors (Lipinski definition) is 2. The van der Waals surface area contributed by atoms with Crippen LogP contribution in [-0.2, 0) is 4.74 Å². The van der Waals surface area contributed by atoms with Crippen LogP contribution in [0.4, 0.5) is 9.18 Å². The Morgan fingerprint density at radius 2 is 2.15 bits per heavy atom. The summed E-state index contributed by atoms with van der Waals surface area (Å²) in [5.74, 6) is -0.645. The number of carbonyl (C=O) groups is 1. The summed E-state index contributed by atoms with van der Waals surface area (Å²) in [6.45, 7) is 4.76. The summed E-state index contributed by atoms with van der Waals surface area (Å²) >= 11 is 8.71. The molecule has 112 valence electrons. The zero-order valence-corrected chi connectivity index (χ0v) is 13.7. The van der Waals surface area contributed by atoms with Gasteiger partial charge in [0, 0.05) is 0 Å². The molecule has 0 bridgehead atoms. The van der Waals surface area contributed by atoms with Gasteiger partial charge >= 0.3 is 6.09 Å². The van der Waals surface area contributed by atoms with E-state index in [0.717, 1.165) is 0 Å². The lowest BCUT2D eigenvalue weighted by Crippen LogP contribution is -2.36. The second-order valence-corrected chi connectivity index (χ2v) is 6.35. The molecule has 0 saturated carbocycles. The number of nitrogens with one attached hydrogen (secondary N) is 1. The highest BCUT2D eigenvalue weighted by Gasteiger charge is 2.23. The summed E-state index contributed by atoms with van der Waals surface area (Å²) < 4.78 is 18.9. The molecule has 0 spiro atoms. The smallest absolute Gasteiger partial charge is 0.408 e. The van der Waals surface area contributed by atoms with Gasteiger partial charge in [-0.15, -0.1) is 0 Å². The predicted molar refractivity (Wildman–Crippen MR) is 78.3 cm³/mol. The summed E-state index contributed by atoms with van der Waals surface area (Å²) in [6.07, 6.45) is -0.696. The SMILES string of the molecule is CC(C)(C)OC(=O)NC(CO)c1ccc(Cl)c(F)c1Br. The number of ether oxygens (including phenoxy) is 1. The zero-order chi connectivity index (χ0) is 15.5. The average Bonchev–Trinajstić information content (AvgIpc) is 2.32. The quantitative estimate of drug-likeness (QED) is 0.798. The molecule has 0 fully saturated rings. The molecule has 1 amide bonds. The molecule has 1 atom stereocenters. The van der Waals surface area contributed by atoms with E-state index >= 15 is 0 Å². The standard InChI is InChI=1S/C13H16BrClFNO3/c1-13(2,3)20-12(19)17-9(6-18)7-4-5-8(15)11(16)10(7)14/h4-5,9,18H,6H2,1-3H3,(H,17,19). The van der Waals surface area contributed by atoms with Gasteiger partial charge in [0.05, 0.1) is 22.1 Å². The molecule has 0 aliphatic carbocycles. The molecule has 0 saturated heterocycles. The van der Waals surface area contributed by atoms with Gasteiger partial charge < -0.3 is 15.2 Å². The monoisotopic (exact) mass is 367 g/mol. The van der Waals surface area contributed by atoms with E-state index in [1.165, 1.54) is 12.1 Å². The first-order chi connectivity index (χ1) is 9.15. The normalized spacial score (nSPS) is 12.9. The molecule has 1 unspecified atom stereocenters. The summed E-state index contributed by atoms with van der Waals surface area (Å²) in [6, 6.07) is 2.08. The van der Waals surface area contributed by atoms with Crippen LogP contribution in [0.15, 0.2) is 16.6 Å². The van der Waals surface area contributed by atoms with Crippen molar-refractivity contribution in [3.63, 3.8) is 0 Å². The van der Waals surface area contributed by atoms with E-state index in [1.54, 1.807) is 20.8 Å². The molecule has 2 N–H and O–H groups in total. The van der Waals surface area contributed by atoms with Crippen LogP contribution < -0.4 is 5.32 Å². The van der Waals surface area contributed by atoms with Crippen LogP contribution in [0.5, 0.6) is 0 Å². The summed E-state index contributed by atoms with van der Waals surface area (Å²) in [5, 5.41) is 11.8. The van der Waals surface area contributed by atoms with Crippen molar-refractivity contribution in [1.82, 2.24) is 5.32 Å². The lowest BCUT2D eigenvalue weighted by Gasteiger charge is -2.23. The van der Waals surface area contributed by atoms with Gasteiger partial charge in [-0.25, -0.2) is 9.18 Å². The molecule has 20 heavy (non-hydrogen) atoms. The van der Waals surface area contributed by atoms with Crippen LogP contribution in [0.25, 0.3) is 0 Å². The van der Waals surface area contributed by atoms with Crippen molar-refractivity contribution in [2.75, 3.05) is 6.61 Å². The second kappa shape index (κ2) is 6.74. The van der Waals surface area contributed by atoms with E-state index < -0.39 is 30.2 Å². The third kappa shape index (κ3) is 4.61. The van der Waals surface area contributed by atoms with Crippen molar-refractivity contribution in [2.45, 2.75) is 32.4 Å². The summed E-state index contributed by atoms with van der Waals surface area (Å²) in [5.41, 5.74) is -0.285. The van der Waals surface area contributed by atoms with Crippen molar-refractivity contribution in [2.24, 2.45) is 0 Å². The van der Waals surface area contributed by atoms with E-state index in [0.29, 0.717) is 5.56 Å². The number of rotatable bonds is 3. The molecule has 0 radical (unpaired) electrons. The number of aliphatic hydroxyl groups is 1. The van der Waals surface area contributed by atoms with Crippen molar-refractivity contribution in [1.29, 1.82) is 0 Å². The van der Waals surface area contributed by atoms with Gasteiger partial charge in [0.2, 0.25) is 0 Å². The van der Waals surface area contributed by atoms with Crippen molar-refractivity contribution in [3.8, 4) is 0 Å². The van der Waals surface area contributed by atoms with E-state index in [2.05, 4.69) is 21.2 Å². The van der Waals surface area contributed by atoms with Crippen LogP contribution in [0.3, 0.4) is 0 Å². The molecular weight excluding hydrogens is 353 g/mol. The Morgan fingerprint density at radius 1 is 1.55 bits per heavy atom. The Balaban J connectivity index is 2.92. The number of alkyl carbamates (subject to hydrolysis) is 1. The van der Waals surface area contributed by atoms with Gasteiger partial charge in [-0.2, -0.15) is 0 Å². The minimum absolute atomic E-state index is 0.0467. The Bertz CT molecular complexity index is 505. The molecule has 1 aromatic rings. The number of benzene rings is 1. The lowest BCUT2D eigenvalue weighted by atomic mass is 10.1. The highest BCUT2D eigenvalue weighted by Crippen LogP contribution is 2.30. The van der Waals surface area contributed by atoms with Gasteiger partial charge in [-0.3, -0.25) is 0 Å². The van der Waals surface area contributed by atoms with E-state index in [9.17, 15) is 14.3 Å². The Labute approximate surface area is 130 Å². The summed E-state index contributed by atoms with van der Waals surface area (Å²) in [7, 11) is 0. The number of hydrogen-bond acceptors (Lipinski definition) is 3. The van der Waals surface area contributed by atoms with Crippen LogP contribution in [-0.4, -0.2) is 23.4 Å². The number of aliphatic hydroxyl groups excluding tert-OH is 1. The fourth-order valence-electron chi connectivity index (χ4n) is 1.48. The first-order valence-corrected chi connectivity index (χ1v) is 7.06. The highest BCUT2D eigenvalue weighted by molar-refractivity contribution is 9.10. The molecule has 1 aromatic carbocycles. The van der Waals surface area contributed by atoms with Gasteiger partial charge in [0.1, 0.15) is 5.60 Å². The third-order valence-corrected chi connectivity index (χ3v) is 3.41. The second-order valence-electron chi connectivity index (χ2n) is 5.15.